The molecule has 1 aromatic carbocycles. The van der Waals surface area contributed by atoms with Crippen molar-refractivity contribution < 1.29 is 33.7 Å². The summed E-state index contributed by atoms with van der Waals surface area (Å²) < 4.78 is 14.7. The molecule has 1 unspecified atom stereocenters. The highest BCUT2D eigenvalue weighted by Crippen LogP contribution is 2.41. The van der Waals surface area contributed by atoms with Crippen molar-refractivity contribution in [3.05, 3.63) is 47.0 Å². The summed E-state index contributed by atoms with van der Waals surface area (Å²) >= 11 is 7.11. The van der Waals surface area contributed by atoms with E-state index in [1.54, 1.807) is 39.0 Å². The summed E-state index contributed by atoms with van der Waals surface area (Å²) in [6, 6.07) is 6.43. The molecule has 29 heavy (non-hydrogen) atoms. The van der Waals surface area contributed by atoms with E-state index in [0.717, 1.165) is 11.8 Å². The molecule has 0 aliphatic rings. The molecule has 1 rings (SSSR count). The van der Waals surface area contributed by atoms with Gasteiger partial charge in [-0.3, -0.25) is 0 Å². The van der Waals surface area contributed by atoms with Gasteiger partial charge in [-0.25, -0.2) is 14.4 Å². The molecule has 0 aromatic heterocycles. The minimum absolute atomic E-state index is 0.0315. The van der Waals surface area contributed by atoms with E-state index in [2.05, 4.69) is 0 Å². The van der Waals surface area contributed by atoms with E-state index in [-0.39, 0.29) is 25.6 Å². The molecule has 0 saturated carbocycles. The second kappa shape index (κ2) is 12.5. The maximum absolute atomic E-state index is 12.6. The molecule has 0 fully saturated rings. The zero-order valence-electron chi connectivity index (χ0n) is 16.6. The molecular formula is C20H25ClO7S. The monoisotopic (exact) mass is 444 g/mol. The molecule has 0 spiro atoms. The fourth-order valence-electron chi connectivity index (χ4n) is 2.39. The van der Waals surface area contributed by atoms with E-state index in [1.165, 1.54) is 18.2 Å². The maximum atomic E-state index is 12.6. The number of ether oxygens (including phenoxy) is 3. The fourth-order valence-corrected chi connectivity index (χ4v) is 3.77. The van der Waals surface area contributed by atoms with Crippen LogP contribution < -0.4 is 0 Å². The quantitative estimate of drug-likeness (QED) is 0.240. The Morgan fingerprint density at radius 3 is 2.21 bits per heavy atom. The van der Waals surface area contributed by atoms with Crippen molar-refractivity contribution >= 4 is 41.3 Å². The molecule has 1 aromatic rings. The lowest BCUT2D eigenvalue weighted by atomic mass is 9.93. The zero-order valence-corrected chi connectivity index (χ0v) is 18.1. The standard InChI is InChI=1S/C20H25ClO7S/c1-4-26-16(22)11-8-12-29-17(14-9-7-10-15(21)13-14)20(25,18(23)27-5-2)19(24)28-6-3/h7-11,13,17,25H,4-6,12H2,1-3H3/b11-8+. The van der Waals surface area contributed by atoms with Crippen LogP contribution in [0.5, 0.6) is 0 Å². The van der Waals surface area contributed by atoms with Crippen LogP contribution in [0.15, 0.2) is 36.4 Å². The number of esters is 3. The fraction of sp³-hybridized carbons (Fsp3) is 0.450. The summed E-state index contributed by atoms with van der Waals surface area (Å²) in [5.74, 6) is -2.56. The normalized spacial score (nSPS) is 12.4. The van der Waals surface area contributed by atoms with Gasteiger partial charge in [-0.05, 0) is 38.5 Å². The highest BCUT2D eigenvalue weighted by Gasteiger charge is 2.54. The number of halogens is 1. The van der Waals surface area contributed by atoms with Crippen LogP contribution in [-0.2, 0) is 28.6 Å². The summed E-state index contributed by atoms with van der Waals surface area (Å²) in [6.07, 6.45) is 2.75. The third-order valence-corrected chi connectivity index (χ3v) is 5.17. The van der Waals surface area contributed by atoms with Gasteiger partial charge in [-0.15, -0.1) is 11.8 Å². The van der Waals surface area contributed by atoms with Gasteiger partial charge in [-0.1, -0.05) is 29.8 Å². The first-order valence-corrected chi connectivity index (χ1v) is 10.5. The molecular weight excluding hydrogens is 420 g/mol. The van der Waals surface area contributed by atoms with Crippen LogP contribution in [-0.4, -0.2) is 54.2 Å². The number of aliphatic hydroxyl groups is 1. The average Bonchev–Trinajstić information content (AvgIpc) is 2.68. The van der Waals surface area contributed by atoms with Crippen molar-refractivity contribution in [3.63, 3.8) is 0 Å². The first-order valence-electron chi connectivity index (χ1n) is 9.08. The van der Waals surface area contributed by atoms with Crippen molar-refractivity contribution in [1.82, 2.24) is 0 Å². The van der Waals surface area contributed by atoms with E-state index >= 15 is 0 Å². The van der Waals surface area contributed by atoms with E-state index in [9.17, 15) is 19.5 Å². The lowest BCUT2D eigenvalue weighted by Crippen LogP contribution is -2.52. The Kier molecular flexibility index (Phi) is 10.8. The SMILES string of the molecule is CCOC(=O)/C=C/CSC(c1cccc(Cl)c1)C(O)(C(=O)OCC)C(=O)OCC. The number of thioether (sulfide) groups is 1. The molecule has 0 aliphatic heterocycles. The smallest absolute Gasteiger partial charge is 0.351 e. The van der Waals surface area contributed by atoms with Gasteiger partial charge in [0.25, 0.3) is 5.60 Å². The van der Waals surface area contributed by atoms with E-state index in [0.29, 0.717) is 10.6 Å². The summed E-state index contributed by atoms with van der Waals surface area (Å²) in [5.41, 5.74) is -2.17. The van der Waals surface area contributed by atoms with E-state index in [1.807, 2.05) is 0 Å². The number of rotatable bonds is 11. The van der Waals surface area contributed by atoms with Crippen LogP contribution in [0, 0.1) is 0 Å². The Hall–Kier alpha value is -2.03. The predicted octanol–water partition coefficient (Wildman–Crippen LogP) is 3.09. The predicted molar refractivity (Wildman–Crippen MR) is 111 cm³/mol. The molecule has 0 bridgehead atoms. The van der Waals surface area contributed by atoms with Crippen molar-refractivity contribution in [1.29, 1.82) is 0 Å². The Morgan fingerprint density at radius 1 is 1.10 bits per heavy atom. The molecule has 0 saturated heterocycles. The van der Waals surface area contributed by atoms with Crippen molar-refractivity contribution in [2.24, 2.45) is 0 Å². The van der Waals surface area contributed by atoms with Gasteiger partial charge >= 0.3 is 17.9 Å². The number of carbonyl (C=O) groups excluding carboxylic acids is 3. The second-order valence-corrected chi connectivity index (χ2v) is 7.20. The average molecular weight is 445 g/mol. The van der Waals surface area contributed by atoms with Gasteiger partial charge < -0.3 is 19.3 Å². The van der Waals surface area contributed by atoms with Crippen molar-refractivity contribution in [2.45, 2.75) is 31.6 Å². The van der Waals surface area contributed by atoms with Gasteiger partial charge in [0.15, 0.2) is 0 Å². The third-order valence-electron chi connectivity index (χ3n) is 3.60. The summed E-state index contributed by atoms with van der Waals surface area (Å²) in [6.45, 7) is 4.99. The van der Waals surface area contributed by atoms with Crippen LogP contribution in [0.2, 0.25) is 5.02 Å². The zero-order chi connectivity index (χ0) is 21.9. The number of carbonyl (C=O) groups is 3. The van der Waals surface area contributed by atoms with Crippen LogP contribution in [0.25, 0.3) is 0 Å². The van der Waals surface area contributed by atoms with Crippen LogP contribution in [0.1, 0.15) is 31.6 Å². The minimum atomic E-state index is -2.60. The Labute approximate surface area is 179 Å². The summed E-state index contributed by atoms with van der Waals surface area (Å²) in [4.78, 5) is 36.6. The molecule has 0 heterocycles. The van der Waals surface area contributed by atoms with Crippen LogP contribution in [0.4, 0.5) is 0 Å². The van der Waals surface area contributed by atoms with Gasteiger partial charge in [0.1, 0.15) is 0 Å². The first-order chi connectivity index (χ1) is 13.8. The largest absolute Gasteiger partial charge is 0.463 e. The number of hydrogen-bond acceptors (Lipinski definition) is 8. The maximum Gasteiger partial charge on any atom is 0.351 e. The molecule has 0 radical (unpaired) electrons. The van der Waals surface area contributed by atoms with Crippen molar-refractivity contribution in [3.8, 4) is 0 Å². The second-order valence-electron chi connectivity index (χ2n) is 5.63. The molecule has 1 N–H and O–H groups in total. The molecule has 160 valence electrons. The van der Waals surface area contributed by atoms with Crippen LogP contribution in [0.3, 0.4) is 0 Å². The lowest BCUT2D eigenvalue weighted by molar-refractivity contribution is -0.183. The van der Waals surface area contributed by atoms with Crippen LogP contribution >= 0.6 is 23.4 Å². The third kappa shape index (κ3) is 7.06. The summed E-state index contributed by atoms with van der Waals surface area (Å²) in [5, 5.41) is 10.5. The summed E-state index contributed by atoms with van der Waals surface area (Å²) in [7, 11) is 0. The van der Waals surface area contributed by atoms with Gasteiger partial charge in [0.05, 0.1) is 25.1 Å². The van der Waals surface area contributed by atoms with E-state index in [4.69, 9.17) is 25.8 Å². The Morgan fingerprint density at radius 2 is 1.69 bits per heavy atom. The number of hydrogen-bond donors (Lipinski definition) is 1. The molecule has 1 atom stereocenters. The minimum Gasteiger partial charge on any atom is -0.463 e. The van der Waals surface area contributed by atoms with Gasteiger partial charge in [0.2, 0.25) is 0 Å². The Bertz CT molecular complexity index is 717. The molecule has 0 aliphatic carbocycles. The van der Waals surface area contributed by atoms with Gasteiger partial charge in [0, 0.05) is 16.9 Å². The van der Waals surface area contributed by atoms with E-state index < -0.39 is 28.8 Å². The first kappa shape index (κ1) is 25.0. The van der Waals surface area contributed by atoms with Crippen molar-refractivity contribution in [2.75, 3.05) is 25.6 Å². The molecule has 7 nitrogen and oxygen atoms in total. The number of benzene rings is 1. The highest BCUT2D eigenvalue weighted by molar-refractivity contribution is 7.99. The van der Waals surface area contributed by atoms with Gasteiger partial charge in [-0.2, -0.15) is 0 Å². The Balaban J connectivity index is 3.28. The highest BCUT2D eigenvalue weighted by atomic mass is 35.5. The molecule has 0 amide bonds. The topological polar surface area (TPSA) is 99.1 Å². The molecule has 9 heteroatoms. The lowest BCUT2D eigenvalue weighted by Gasteiger charge is -2.31.